The maximum absolute atomic E-state index is 6.07. The van der Waals surface area contributed by atoms with Crippen LogP contribution in [0.5, 0.6) is 11.5 Å². The van der Waals surface area contributed by atoms with Crippen LogP contribution in [0.4, 0.5) is 5.69 Å². The van der Waals surface area contributed by atoms with Crippen molar-refractivity contribution < 1.29 is 9.47 Å². The van der Waals surface area contributed by atoms with E-state index >= 15 is 0 Å². The number of benzene rings is 3. The molecule has 0 aliphatic rings. The van der Waals surface area contributed by atoms with Gasteiger partial charge in [0, 0.05) is 11.2 Å². The lowest BCUT2D eigenvalue weighted by Crippen LogP contribution is -2.01. The summed E-state index contributed by atoms with van der Waals surface area (Å²) in [6.45, 7) is 4.57. The van der Waals surface area contributed by atoms with E-state index in [1.807, 2.05) is 43.5 Å². The average molecular weight is 506 g/mol. The van der Waals surface area contributed by atoms with Crippen molar-refractivity contribution in [1.82, 2.24) is 0 Å². The number of ether oxygens (including phenoxy) is 2. The van der Waals surface area contributed by atoms with Gasteiger partial charge < -0.3 is 9.47 Å². The molecule has 3 rings (SSSR count). The minimum Gasteiger partial charge on any atom is -0.493 e. The van der Waals surface area contributed by atoms with Gasteiger partial charge in [-0.05, 0) is 77.4 Å². The third kappa shape index (κ3) is 5.26. The van der Waals surface area contributed by atoms with Gasteiger partial charge in [-0.3, -0.25) is 4.99 Å². The van der Waals surface area contributed by atoms with E-state index in [-0.39, 0.29) is 0 Å². The zero-order chi connectivity index (χ0) is 20.1. The van der Waals surface area contributed by atoms with Crippen molar-refractivity contribution in [3.8, 4) is 11.5 Å². The van der Waals surface area contributed by atoms with Crippen LogP contribution in [0.3, 0.4) is 0 Å². The number of rotatable bonds is 6. The smallest absolute Gasteiger partial charge is 0.174 e. The van der Waals surface area contributed by atoms with E-state index in [2.05, 4.69) is 58.8 Å². The maximum atomic E-state index is 6.07. The summed E-state index contributed by atoms with van der Waals surface area (Å²) in [6.07, 6.45) is 1.81. The van der Waals surface area contributed by atoms with Crippen molar-refractivity contribution in [3.05, 3.63) is 85.4 Å². The summed E-state index contributed by atoms with van der Waals surface area (Å²) >= 11 is 8.34. The number of aryl methyl sites for hydroxylation is 2. The Morgan fingerprint density at radius 1 is 1.04 bits per heavy atom. The Bertz CT molecular complexity index is 1000. The Morgan fingerprint density at radius 2 is 1.79 bits per heavy atom. The minimum atomic E-state index is 0.488. The third-order valence-corrected chi connectivity index (χ3v) is 5.32. The highest BCUT2D eigenvalue weighted by atomic mass is 127. The normalized spacial score (nSPS) is 11.0. The summed E-state index contributed by atoms with van der Waals surface area (Å²) in [6, 6.07) is 17.9. The van der Waals surface area contributed by atoms with Gasteiger partial charge in [-0.15, -0.1) is 0 Å². The fourth-order valence-corrected chi connectivity index (χ4v) is 3.61. The van der Waals surface area contributed by atoms with Gasteiger partial charge in [0.15, 0.2) is 11.5 Å². The van der Waals surface area contributed by atoms with E-state index in [1.165, 1.54) is 5.56 Å². The van der Waals surface area contributed by atoms with Gasteiger partial charge in [-0.1, -0.05) is 47.5 Å². The van der Waals surface area contributed by atoms with E-state index in [1.54, 1.807) is 7.11 Å². The Kier molecular flexibility index (Phi) is 6.97. The van der Waals surface area contributed by atoms with Crippen LogP contribution in [-0.2, 0) is 6.61 Å². The van der Waals surface area contributed by atoms with E-state index in [4.69, 9.17) is 21.1 Å². The van der Waals surface area contributed by atoms with Crippen LogP contribution in [0, 0.1) is 17.4 Å². The quantitative estimate of drug-likeness (QED) is 0.269. The summed E-state index contributed by atoms with van der Waals surface area (Å²) in [5, 5.41) is 0.671. The van der Waals surface area contributed by atoms with Crippen molar-refractivity contribution in [2.45, 2.75) is 20.5 Å². The van der Waals surface area contributed by atoms with Gasteiger partial charge in [0.1, 0.15) is 6.61 Å². The highest BCUT2D eigenvalue weighted by molar-refractivity contribution is 14.1. The predicted octanol–water partition coefficient (Wildman–Crippen LogP) is 6.90. The van der Waals surface area contributed by atoms with Crippen LogP contribution in [-0.4, -0.2) is 13.3 Å². The Morgan fingerprint density at radius 3 is 2.50 bits per heavy atom. The zero-order valence-corrected chi connectivity index (χ0v) is 18.9. The first-order chi connectivity index (χ1) is 13.5. The standard InChI is InChI=1S/C23H21ClINO2/c1-15-4-7-17(8-5-15)14-28-23-20(25)10-18(11-22(23)27-3)13-26-21-12-19(24)9-6-16(21)2/h4-13H,14H2,1-3H3. The summed E-state index contributed by atoms with van der Waals surface area (Å²) in [5.74, 6) is 1.42. The fourth-order valence-electron chi connectivity index (χ4n) is 2.66. The molecule has 28 heavy (non-hydrogen) atoms. The second-order valence-corrected chi connectivity index (χ2v) is 8.10. The molecule has 0 atom stereocenters. The van der Waals surface area contributed by atoms with Crippen molar-refractivity contribution in [2.75, 3.05) is 7.11 Å². The first-order valence-corrected chi connectivity index (χ1v) is 10.3. The summed E-state index contributed by atoms with van der Waals surface area (Å²) in [5.41, 5.74) is 5.20. The van der Waals surface area contributed by atoms with Crippen LogP contribution in [0.25, 0.3) is 0 Å². The molecule has 0 radical (unpaired) electrons. The number of nitrogens with zero attached hydrogens (tertiary/aromatic N) is 1. The van der Waals surface area contributed by atoms with E-state index in [0.717, 1.165) is 31.7 Å². The Balaban J connectivity index is 1.81. The van der Waals surface area contributed by atoms with Gasteiger partial charge >= 0.3 is 0 Å². The highest BCUT2D eigenvalue weighted by Gasteiger charge is 2.11. The molecule has 0 spiro atoms. The number of hydrogen-bond donors (Lipinski definition) is 0. The van der Waals surface area contributed by atoms with Crippen molar-refractivity contribution in [2.24, 2.45) is 4.99 Å². The summed E-state index contributed by atoms with van der Waals surface area (Å²) in [7, 11) is 1.65. The molecule has 3 nitrogen and oxygen atoms in total. The van der Waals surface area contributed by atoms with Gasteiger partial charge in [0.2, 0.25) is 0 Å². The second-order valence-electron chi connectivity index (χ2n) is 6.50. The number of methoxy groups -OCH3 is 1. The molecule has 3 aromatic carbocycles. The van der Waals surface area contributed by atoms with Crippen LogP contribution in [0.15, 0.2) is 59.6 Å². The molecule has 0 N–H and O–H groups in total. The predicted molar refractivity (Wildman–Crippen MR) is 125 cm³/mol. The van der Waals surface area contributed by atoms with E-state index in [0.29, 0.717) is 17.4 Å². The molecule has 0 fully saturated rings. The van der Waals surface area contributed by atoms with Gasteiger partial charge in [-0.25, -0.2) is 0 Å². The first kappa shape index (κ1) is 20.7. The lowest BCUT2D eigenvalue weighted by Gasteiger charge is -2.14. The lowest BCUT2D eigenvalue weighted by molar-refractivity contribution is 0.282. The maximum Gasteiger partial charge on any atom is 0.174 e. The molecular formula is C23H21ClINO2. The Hall–Kier alpha value is -2.05. The molecule has 0 bridgehead atoms. The monoisotopic (exact) mass is 505 g/mol. The third-order valence-electron chi connectivity index (χ3n) is 4.28. The molecule has 5 heteroatoms. The van der Waals surface area contributed by atoms with Crippen LogP contribution < -0.4 is 9.47 Å². The SMILES string of the molecule is COc1cc(C=Nc2cc(Cl)ccc2C)cc(I)c1OCc1ccc(C)cc1. The molecule has 0 aromatic heterocycles. The minimum absolute atomic E-state index is 0.488. The summed E-state index contributed by atoms with van der Waals surface area (Å²) in [4.78, 5) is 4.58. The van der Waals surface area contributed by atoms with Gasteiger partial charge in [0.25, 0.3) is 0 Å². The molecule has 144 valence electrons. The van der Waals surface area contributed by atoms with Crippen LogP contribution in [0.1, 0.15) is 22.3 Å². The molecule has 0 saturated heterocycles. The molecule has 0 aliphatic carbocycles. The van der Waals surface area contributed by atoms with Crippen molar-refractivity contribution in [1.29, 1.82) is 0 Å². The molecule has 0 aliphatic heterocycles. The highest BCUT2D eigenvalue weighted by Crippen LogP contribution is 2.34. The molecular weight excluding hydrogens is 485 g/mol. The van der Waals surface area contributed by atoms with E-state index < -0.39 is 0 Å². The van der Waals surface area contributed by atoms with Crippen LogP contribution in [0.2, 0.25) is 5.02 Å². The molecule has 0 heterocycles. The molecule has 0 saturated carbocycles. The fraction of sp³-hybridized carbons (Fsp3) is 0.174. The topological polar surface area (TPSA) is 30.8 Å². The number of hydrogen-bond acceptors (Lipinski definition) is 3. The average Bonchev–Trinajstić information content (AvgIpc) is 2.68. The van der Waals surface area contributed by atoms with E-state index in [9.17, 15) is 0 Å². The van der Waals surface area contributed by atoms with Gasteiger partial charge in [0.05, 0.1) is 16.4 Å². The number of aliphatic imine (C=N–C) groups is 1. The second kappa shape index (κ2) is 9.43. The van der Waals surface area contributed by atoms with Crippen LogP contribution >= 0.6 is 34.2 Å². The lowest BCUT2D eigenvalue weighted by atomic mass is 10.1. The molecule has 3 aromatic rings. The number of halogens is 2. The first-order valence-electron chi connectivity index (χ1n) is 8.82. The molecule has 0 unspecified atom stereocenters. The van der Waals surface area contributed by atoms with Crippen molar-refractivity contribution >= 4 is 46.1 Å². The Labute approximate surface area is 184 Å². The van der Waals surface area contributed by atoms with Crippen molar-refractivity contribution in [3.63, 3.8) is 0 Å². The van der Waals surface area contributed by atoms with Gasteiger partial charge in [-0.2, -0.15) is 0 Å². The largest absolute Gasteiger partial charge is 0.493 e. The zero-order valence-electron chi connectivity index (χ0n) is 16.0. The summed E-state index contributed by atoms with van der Waals surface area (Å²) < 4.78 is 12.6. The molecule has 0 amide bonds.